The van der Waals surface area contributed by atoms with Gasteiger partial charge >= 0.3 is 0 Å². The number of halogens is 1. The van der Waals surface area contributed by atoms with Crippen molar-refractivity contribution in [3.05, 3.63) is 17.0 Å². The molecule has 1 aliphatic rings. The molecule has 1 heterocycles. The maximum atomic E-state index is 13.0. The quantitative estimate of drug-likeness (QED) is 0.664. The van der Waals surface area contributed by atoms with Crippen LogP contribution < -0.4 is 0 Å². The van der Waals surface area contributed by atoms with Gasteiger partial charge in [0.05, 0.1) is 12.2 Å². The maximum Gasteiger partial charge on any atom is 0.143 e. The molecule has 1 aliphatic carbocycles. The molecule has 2 rings (SSSR count). The van der Waals surface area contributed by atoms with Crippen molar-refractivity contribution in [2.45, 2.75) is 25.6 Å². The number of hydrogen-bond donors (Lipinski definition) is 1. The van der Waals surface area contributed by atoms with E-state index in [2.05, 4.69) is 5.16 Å². The molecule has 4 heteroatoms. The highest BCUT2D eigenvalue weighted by molar-refractivity contribution is 5.29. The third-order valence-corrected chi connectivity index (χ3v) is 1.97. The van der Waals surface area contributed by atoms with Gasteiger partial charge in [-0.2, -0.15) is 0 Å². The van der Waals surface area contributed by atoms with Crippen molar-refractivity contribution in [1.82, 2.24) is 5.16 Å². The first kappa shape index (κ1) is 6.79. The zero-order chi connectivity index (χ0) is 7.84. The van der Waals surface area contributed by atoms with Gasteiger partial charge in [-0.25, -0.2) is 4.39 Å². The van der Waals surface area contributed by atoms with Crippen molar-refractivity contribution >= 4 is 0 Å². The Bertz CT molecular complexity index is 271. The first-order valence-electron chi connectivity index (χ1n) is 3.55. The van der Waals surface area contributed by atoms with Crippen LogP contribution in [0.5, 0.6) is 0 Å². The monoisotopic (exact) mass is 157 g/mol. The summed E-state index contributed by atoms with van der Waals surface area (Å²) in [6.45, 7) is -0.237. The second kappa shape index (κ2) is 2.30. The zero-order valence-electron chi connectivity index (χ0n) is 5.88. The summed E-state index contributed by atoms with van der Waals surface area (Å²) in [5.41, 5.74) is 0.831. The minimum absolute atomic E-state index is 0.237. The molecule has 0 saturated carbocycles. The smallest absolute Gasteiger partial charge is 0.143 e. The lowest BCUT2D eigenvalue weighted by Gasteiger charge is -1.96. The Morgan fingerprint density at radius 2 is 2.55 bits per heavy atom. The lowest BCUT2D eigenvalue weighted by atomic mass is 10.2. The number of hydrogen-bond acceptors (Lipinski definition) is 3. The summed E-state index contributed by atoms with van der Waals surface area (Å²) in [4.78, 5) is 0. The molecule has 0 aromatic carbocycles. The second-order valence-corrected chi connectivity index (χ2v) is 2.63. The number of aliphatic hydroxyl groups is 1. The van der Waals surface area contributed by atoms with Crippen molar-refractivity contribution in [2.24, 2.45) is 0 Å². The fourth-order valence-electron chi connectivity index (χ4n) is 1.42. The maximum absolute atomic E-state index is 13.0. The third kappa shape index (κ3) is 0.860. The molecule has 0 amide bonds. The van der Waals surface area contributed by atoms with Crippen molar-refractivity contribution < 1.29 is 14.0 Å². The van der Waals surface area contributed by atoms with Crippen LogP contribution in [-0.2, 0) is 13.0 Å². The van der Waals surface area contributed by atoms with E-state index >= 15 is 0 Å². The molecule has 0 bridgehead atoms. The summed E-state index contributed by atoms with van der Waals surface area (Å²) in [5.74, 6) is 0.599. The van der Waals surface area contributed by atoms with E-state index in [4.69, 9.17) is 9.63 Å². The third-order valence-electron chi connectivity index (χ3n) is 1.97. The number of aryl methyl sites for hydroxylation is 1. The highest BCUT2D eigenvalue weighted by Gasteiger charge is 2.29. The van der Waals surface area contributed by atoms with Crippen LogP contribution in [0, 0.1) is 0 Å². The molecule has 60 valence electrons. The Hall–Kier alpha value is -0.900. The fraction of sp³-hybridized carbons (Fsp3) is 0.571. The van der Waals surface area contributed by atoms with Crippen molar-refractivity contribution in [3.8, 4) is 0 Å². The van der Waals surface area contributed by atoms with Gasteiger partial charge in [0.25, 0.3) is 0 Å². The molecular formula is C7H8FNO2. The van der Waals surface area contributed by atoms with E-state index < -0.39 is 6.17 Å². The van der Waals surface area contributed by atoms with Gasteiger partial charge in [0.2, 0.25) is 0 Å². The summed E-state index contributed by atoms with van der Waals surface area (Å²) < 4.78 is 17.8. The van der Waals surface area contributed by atoms with Crippen molar-refractivity contribution in [2.75, 3.05) is 0 Å². The minimum Gasteiger partial charge on any atom is -0.390 e. The second-order valence-electron chi connectivity index (χ2n) is 2.63. The van der Waals surface area contributed by atoms with E-state index in [-0.39, 0.29) is 6.61 Å². The summed E-state index contributed by atoms with van der Waals surface area (Å²) in [6, 6.07) is 0. The summed E-state index contributed by atoms with van der Waals surface area (Å²) in [5, 5.41) is 12.3. The van der Waals surface area contributed by atoms with Crippen LogP contribution in [0.3, 0.4) is 0 Å². The van der Waals surface area contributed by atoms with Gasteiger partial charge in [-0.05, 0) is 6.42 Å². The van der Waals surface area contributed by atoms with Crippen LogP contribution in [-0.4, -0.2) is 10.3 Å². The van der Waals surface area contributed by atoms with Crippen LogP contribution in [0.25, 0.3) is 0 Å². The Morgan fingerprint density at radius 3 is 3.27 bits per heavy atom. The molecule has 1 aromatic rings. The number of aliphatic hydroxyl groups excluding tert-OH is 1. The molecule has 0 radical (unpaired) electrons. The van der Waals surface area contributed by atoms with E-state index in [1.54, 1.807) is 0 Å². The Balaban J connectivity index is 2.46. The summed E-state index contributed by atoms with van der Waals surface area (Å²) in [7, 11) is 0. The number of alkyl halides is 1. The first-order valence-corrected chi connectivity index (χ1v) is 3.55. The lowest BCUT2D eigenvalue weighted by molar-refractivity contribution is 0.256. The van der Waals surface area contributed by atoms with Gasteiger partial charge in [0, 0.05) is 6.42 Å². The van der Waals surface area contributed by atoms with Crippen LogP contribution in [0.2, 0.25) is 0 Å². The lowest BCUT2D eigenvalue weighted by Crippen LogP contribution is -1.91. The van der Waals surface area contributed by atoms with Crippen LogP contribution in [0.15, 0.2) is 4.52 Å². The predicted molar refractivity (Wildman–Crippen MR) is 34.6 cm³/mol. The van der Waals surface area contributed by atoms with Gasteiger partial charge in [-0.1, -0.05) is 5.16 Å². The summed E-state index contributed by atoms with van der Waals surface area (Å²) in [6.07, 6.45) is 0.0751. The van der Waals surface area contributed by atoms with E-state index in [1.807, 2.05) is 0 Å². The number of rotatable bonds is 1. The van der Waals surface area contributed by atoms with E-state index in [1.165, 1.54) is 0 Å². The van der Waals surface area contributed by atoms with Crippen LogP contribution in [0.1, 0.15) is 29.6 Å². The number of nitrogens with zero attached hydrogens (tertiary/aromatic N) is 1. The topological polar surface area (TPSA) is 46.3 Å². The van der Waals surface area contributed by atoms with Crippen molar-refractivity contribution in [1.29, 1.82) is 0 Å². The molecule has 1 atom stereocenters. The molecule has 1 aromatic heterocycles. The molecule has 3 nitrogen and oxygen atoms in total. The van der Waals surface area contributed by atoms with Gasteiger partial charge in [0.1, 0.15) is 17.6 Å². The Labute approximate surface area is 62.8 Å². The standard InChI is InChI=1S/C7H8FNO2/c8-4-1-2-6-7(4)5(3-10)9-11-6/h4,10H,1-3H2. The molecule has 0 spiro atoms. The number of fused-ring (bicyclic) bond motifs is 1. The predicted octanol–water partition coefficient (Wildman–Crippen LogP) is 1.12. The molecule has 0 saturated heterocycles. The number of aromatic nitrogens is 1. The average Bonchev–Trinajstić information content (AvgIpc) is 2.54. The largest absolute Gasteiger partial charge is 0.390 e. The Morgan fingerprint density at radius 1 is 1.73 bits per heavy atom. The molecule has 0 fully saturated rings. The van der Waals surface area contributed by atoms with Gasteiger partial charge < -0.3 is 9.63 Å². The van der Waals surface area contributed by atoms with Gasteiger partial charge in [0.15, 0.2) is 0 Å². The zero-order valence-corrected chi connectivity index (χ0v) is 5.88. The van der Waals surface area contributed by atoms with Gasteiger partial charge in [-0.3, -0.25) is 0 Å². The van der Waals surface area contributed by atoms with Crippen molar-refractivity contribution in [3.63, 3.8) is 0 Å². The molecule has 1 unspecified atom stereocenters. The molecule has 11 heavy (non-hydrogen) atoms. The SMILES string of the molecule is OCc1noc2c1C(F)CC2. The fourth-order valence-corrected chi connectivity index (χ4v) is 1.42. The Kier molecular flexibility index (Phi) is 1.42. The highest BCUT2D eigenvalue weighted by atomic mass is 19.1. The van der Waals surface area contributed by atoms with E-state index in [0.717, 1.165) is 0 Å². The highest BCUT2D eigenvalue weighted by Crippen LogP contribution is 2.36. The van der Waals surface area contributed by atoms with Crippen LogP contribution >= 0.6 is 0 Å². The van der Waals surface area contributed by atoms with Gasteiger partial charge in [-0.15, -0.1) is 0 Å². The normalized spacial score (nSPS) is 22.2. The minimum atomic E-state index is -0.988. The van der Waals surface area contributed by atoms with Crippen LogP contribution in [0.4, 0.5) is 4.39 Å². The molecule has 1 N–H and O–H groups in total. The molecule has 0 aliphatic heterocycles. The average molecular weight is 157 g/mol. The van der Waals surface area contributed by atoms with E-state index in [9.17, 15) is 4.39 Å². The first-order chi connectivity index (χ1) is 5.33. The molecular weight excluding hydrogens is 149 g/mol. The summed E-state index contributed by atoms with van der Waals surface area (Å²) >= 11 is 0. The van der Waals surface area contributed by atoms with E-state index in [0.29, 0.717) is 29.9 Å².